The SMILES string of the molecule is BC(CC/C=B\C(=C)C)CC/C=C(/N)C(C)C. The number of rotatable bonds is 8. The third kappa shape index (κ3) is 10.2. The maximum atomic E-state index is 5.90. The van der Waals surface area contributed by atoms with Crippen LogP contribution in [0.3, 0.4) is 0 Å². The van der Waals surface area contributed by atoms with Crippen LogP contribution in [0.25, 0.3) is 0 Å². The Morgan fingerprint density at radius 1 is 1.35 bits per heavy atom. The monoisotopic (exact) mass is 231 g/mol. The van der Waals surface area contributed by atoms with Crippen molar-refractivity contribution >= 4 is 20.7 Å². The van der Waals surface area contributed by atoms with E-state index < -0.39 is 0 Å². The zero-order chi connectivity index (χ0) is 13.3. The average Bonchev–Trinajstić information content (AvgIpc) is 2.23. The van der Waals surface area contributed by atoms with E-state index in [2.05, 4.69) is 47.2 Å². The maximum absolute atomic E-state index is 5.90. The summed E-state index contributed by atoms with van der Waals surface area (Å²) in [6.07, 6.45) is 6.92. The molecule has 1 atom stereocenters. The quantitative estimate of drug-likeness (QED) is 0.638. The van der Waals surface area contributed by atoms with Gasteiger partial charge in [-0.15, -0.1) is 0 Å². The molecule has 0 radical (unpaired) electrons. The van der Waals surface area contributed by atoms with Crippen molar-refractivity contribution in [3.05, 3.63) is 23.8 Å². The predicted octanol–water partition coefficient (Wildman–Crippen LogP) is 2.51. The molecule has 0 amide bonds. The Morgan fingerprint density at radius 2 is 1.94 bits per heavy atom. The Hall–Kier alpha value is -0.720. The van der Waals surface area contributed by atoms with Crippen LogP contribution in [-0.4, -0.2) is 20.7 Å². The summed E-state index contributed by atoms with van der Waals surface area (Å²) in [4.78, 5) is 0. The van der Waals surface area contributed by atoms with Crippen LogP contribution in [0.5, 0.6) is 0 Å². The van der Waals surface area contributed by atoms with E-state index in [9.17, 15) is 0 Å². The minimum absolute atomic E-state index is 0.476. The molecule has 94 valence electrons. The van der Waals surface area contributed by atoms with Gasteiger partial charge in [-0.1, -0.05) is 0 Å². The topological polar surface area (TPSA) is 26.0 Å². The molecule has 3 heteroatoms. The minimum atomic E-state index is 0.476. The first kappa shape index (κ1) is 16.3. The first-order valence-corrected chi connectivity index (χ1v) is 6.71. The van der Waals surface area contributed by atoms with Crippen LogP contribution in [0.15, 0.2) is 23.8 Å². The van der Waals surface area contributed by atoms with Gasteiger partial charge >= 0.3 is 108 Å². The molecule has 0 saturated carbocycles. The van der Waals surface area contributed by atoms with Gasteiger partial charge in [0.25, 0.3) is 0 Å². The van der Waals surface area contributed by atoms with Gasteiger partial charge < -0.3 is 0 Å². The van der Waals surface area contributed by atoms with Gasteiger partial charge in [0.1, 0.15) is 0 Å². The molecular formula is C14H27B2N. The molecule has 0 aromatic rings. The van der Waals surface area contributed by atoms with Crippen LogP contribution in [0, 0.1) is 5.92 Å². The van der Waals surface area contributed by atoms with Crippen LogP contribution in [0.2, 0.25) is 5.82 Å². The fraction of sp³-hybridized carbons (Fsp3) is 0.643. The molecule has 0 saturated heterocycles. The summed E-state index contributed by atoms with van der Waals surface area (Å²) in [6.45, 7) is 12.2. The summed E-state index contributed by atoms with van der Waals surface area (Å²) in [6, 6.07) is 0. The summed E-state index contributed by atoms with van der Waals surface area (Å²) < 4.78 is 0. The second-order valence-electron chi connectivity index (χ2n) is 5.37. The van der Waals surface area contributed by atoms with Crippen molar-refractivity contribution < 1.29 is 0 Å². The van der Waals surface area contributed by atoms with Crippen LogP contribution in [-0.2, 0) is 0 Å². The van der Waals surface area contributed by atoms with E-state index in [4.69, 9.17) is 5.73 Å². The Kier molecular flexibility index (Phi) is 8.93. The van der Waals surface area contributed by atoms with E-state index in [1.165, 1.54) is 12.8 Å². The summed E-state index contributed by atoms with van der Waals surface area (Å²) in [5.74, 6) is 3.46. The van der Waals surface area contributed by atoms with Crippen molar-refractivity contribution in [1.29, 1.82) is 0 Å². The van der Waals surface area contributed by atoms with Gasteiger partial charge in [0, 0.05) is 0 Å². The Labute approximate surface area is 109 Å². The molecule has 1 unspecified atom stereocenters. The fourth-order valence-corrected chi connectivity index (χ4v) is 1.58. The van der Waals surface area contributed by atoms with Gasteiger partial charge in [0.15, 0.2) is 0 Å². The zero-order valence-electron chi connectivity index (χ0n) is 12.0. The molecule has 0 aliphatic heterocycles. The van der Waals surface area contributed by atoms with E-state index in [-0.39, 0.29) is 0 Å². The van der Waals surface area contributed by atoms with Crippen LogP contribution >= 0.6 is 0 Å². The van der Waals surface area contributed by atoms with E-state index in [1.54, 1.807) is 0 Å². The molecule has 17 heavy (non-hydrogen) atoms. The van der Waals surface area contributed by atoms with Crippen molar-refractivity contribution in [1.82, 2.24) is 0 Å². The van der Waals surface area contributed by atoms with Crippen LogP contribution < -0.4 is 5.73 Å². The van der Waals surface area contributed by atoms with E-state index >= 15 is 0 Å². The van der Waals surface area contributed by atoms with E-state index in [0.717, 1.165) is 29.8 Å². The predicted molar refractivity (Wildman–Crippen MR) is 84.5 cm³/mol. The third-order valence-corrected chi connectivity index (χ3v) is 2.93. The molecule has 0 spiro atoms. The van der Waals surface area contributed by atoms with Gasteiger partial charge in [-0.2, -0.15) is 0 Å². The van der Waals surface area contributed by atoms with Crippen molar-refractivity contribution in [2.75, 3.05) is 0 Å². The summed E-state index contributed by atoms with van der Waals surface area (Å²) >= 11 is 0. The van der Waals surface area contributed by atoms with E-state index in [0.29, 0.717) is 5.92 Å². The number of hydrogen-bond donors (Lipinski definition) is 1. The van der Waals surface area contributed by atoms with Gasteiger partial charge in [-0.25, -0.2) is 0 Å². The molecule has 2 N–H and O–H groups in total. The first-order valence-electron chi connectivity index (χ1n) is 6.71. The van der Waals surface area contributed by atoms with Crippen LogP contribution in [0.4, 0.5) is 0 Å². The van der Waals surface area contributed by atoms with Gasteiger partial charge in [0.05, 0.1) is 0 Å². The second kappa shape index (κ2) is 9.32. The van der Waals surface area contributed by atoms with E-state index in [1.807, 2.05) is 6.92 Å². The Bertz CT molecular complexity index is 280. The molecular weight excluding hydrogens is 204 g/mol. The zero-order valence-corrected chi connectivity index (χ0v) is 12.0. The van der Waals surface area contributed by atoms with Crippen molar-refractivity contribution in [2.45, 2.75) is 52.3 Å². The summed E-state index contributed by atoms with van der Waals surface area (Å²) in [7, 11) is 2.31. The molecule has 0 aromatic carbocycles. The molecule has 0 bridgehead atoms. The molecule has 1 nitrogen and oxygen atoms in total. The van der Waals surface area contributed by atoms with Crippen LogP contribution in [0.1, 0.15) is 46.5 Å². The molecule has 0 heterocycles. The number of nitrogens with two attached hydrogens (primary N) is 1. The standard InChI is InChI=1S/C14H27B2N/c1-11(2)14(17)9-5-7-13(15)8-6-10-16-12(3)4/h9-11,13H,3,5-8,15,17H2,1-2,4H3/b14-9+. The molecule has 0 aromatic heterocycles. The Balaban J connectivity index is 3.70. The van der Waals surface area contributed by atoms with Crippen molar-refractivity contribution in [2.24, 2.45) is 11.7 Å². The number of allylic oxidation sites excluding steroid dienone is 3. The molecule has 0 aliphatic rings. The third-order valence-electron chi connectivity index (χ3n) is 2.93. The molecule has 0 rings (SSSR count). The fourth-order valence-electron chi connectivity index (χ4n) is 1.58. The average molecular weight is 231 g/mol. The second-order valence-corrected chi connectivity index (χ2v) is 5.37. The van der Waals surface area contributed by atoms with Crippen molar-refractivity contribution in [3.8, 4) is 0 Å². The Morgan fingerprint density at radius 3 is 2.47 bits per heavy atom. The summed E-state index contributed by atoms with van der Waals surface area (Å²) in [5.41, 5.74) is 8.05. The number of hydrogen-bond acceptors (Lipinski definition) is 1. The normalized spacial score (nSPS) is 14.0. The molecule has 0 fully saturated rings. The summed E-state index contributed by atoms with van der Waals surface area (Å²) in [5, 5.41) is 0. The van der Waals surface area contributed by atoms with Gasteiger partial charge in [0.2, 0.25) is 0 Å². The van der Waals surface area contributed by atoms with Crippen molar-refractivity contribution in [3.63, 3.8) is 0 Å². The molecule has 0 aliphatic carbocycles. The van der Waals surface area contributed by atoms with Gasteiger partial charge in [-0.05, 0) is 0 Å². The van der Waals surface area contributed by atoms with Gasteiger partial charge in [-0.3, -0.25) is 0 Å². The first-order chi connectivity index (χ1) is 7.93.